The van der Waals surface area contributed by atoms with Gasteiger partial charge in [-0.05, 0) is 24.3 Å². The van der Waals surface area contributed by atoms with Crippen LogP contribution in [0.3, 0.4) is 0 Å². The van der Waals surface area contributed by atoms with Gasteiger partial charge in [0.25, 0.3) is 5.91 Å². The molecule has 3 rings (SSSR count). The fraction of sp³-hybridized carbons (Fsp3) is 0.0625. The SMILES string of the molecule is CN(C(=O)O)c1nccc2c1ccn2C(=O)c1c(Cl)cccc1Cl. The Bertz CT molecular complexity index is 948. The van der Waals surface area contributed by atoms with Gasteiger partial charge in [-0.25, -0.2) is 9.78 Å². The number of carbonyl (C=O) groups is 2. The van der Waals surface area contributed by atoms with Gasteiger partial charge >= 0.3 is 6.09 Å². The molecule has 0 aliphatic rings. The molecule has 0 bridgehead atoms. The molecule has 0 atom stereocenters. The number of anilines is 1. The second-order valence-electron chi connectivity index (χ2n) is 5.00. The lowest BCUT2D eigenvalue weighted by Gasteiger charge is -2.13. The molecule has 0 spiro atoms. The summed E-state index contributed by atoms with van der Waals surface area (Å²) < 4.78 is 1.36. The Morgan fingerprint density at radius 2 is 1.83 bits per heavy atom. The van der Waals surface area contributed by atoms with Crippen LogP contribution in [0.15, 0.2) is 42.7 Å². The number of carboxylic acid groups (broad SMARTS) is 1. The third-order valence-corrected chi connectivity index (χ3v) is 4.23. The van der Waals surface area contributed by atoms with Crippen molar-refractivity contribution in [2.45, 2.75) is 0 Å². The summed E-state index contributed by atoms with van der Waals surface area (Å²) >= 11 is 12.2. The number of hydrogen-bond donors (Lipinski definition) is 1. The average Bonchev–Trinajstić information content (AvgIpc) is 2.97. The second kappa shape index (κ2) is 6.14. The average molecular weight is 364 g/mol. The van der Waals surface area contributed by atoms with Crippen molar-refractivity contribution >= 4 is 51.9 Å². The maximum atomic E-state index is 12.8. The molecule has 0 saturated heterocycles. The van der Waals surface area contributed by atoms with Gasteiger partial charge in [0.15, 0.2) is 0 Å². The lowest BCUT2D eigenvalue weighted by molar-refractivity contribution is 0.0965. The van der Waals surface area contributed by atoms with Crippen LogP contribution in [0, 0.1) is 0 Å². The normalized spacial score (nSPS) is 10.8. The summed E-state index contributed by atoms with van der Waals surface area (Å²) in [5.74, 6) is -0.174. The summed E-state index contributed by atoms with van der Waals surface area (Å²) in [6.07, 6.45) is 1.83. The summed E-state index contributed by atoms with van der Waals surface area (Å²) in [6.45, 7) is 0. The van der Waals surface area contributed by atoms with Crippen molar-refractivity contribution in [3.63, 3.8) is 0 Å². The summed E-state index contributed by atoms with van der Waals surface area (Å²) in [7, 11) is 1.38. The Balaban J connectivity index is 2.17. The zero-order valence-corrected chi connectivity index (χ0v) is 13.9. The molecule has 0 radical (unpaired) electrons. The molecule has 6 nitrogen and oxygen atoms in total. The lowest BCUT2D eigenvalue weighted by atomic mass is 10.2. The van der Waals surface area contributed by atoms with E-state index in [4.69, 9.17) is 28.3 Å². The molecule has 0 fully saturated rings. The van der Waals surface area contributed by atoms with Gasteiger partial charge in [0, 0.05) is 24.8 Å². The highest BCUT2D eigenvalue weighted by Crippen LogP contribution is 2.29. The smallest absolute Gasteiger partial charge is 0.412 e. The fourth-order valence-electron chi connectivity index (χ4n) is 2.41. The maximum Gasteiger partial charge on any atom is 0.412 e. The van der Waals surface area contributed by atoms with Crippen molar-refractivity contribution in [1.82, 2.24) is 9.55 Å². The number of aromatic nitrogens is 2. The van der Waals surface area contributed by atoms with Gasteiger partial charge in [0.1, 0.15) is 5.82 Å². The number of fused-ring (bicyclic) bond motifs is 1. The van der Waals surface area contributed by atoms with E-state index >= 15 is 0 Å². The first-order valence-corrected chi connectivity index (χ1v) is 7.59. The maximum absolute atomic E-state index is 12.8. The lowest BCUT2D eigenvalue weighted by Crippen LogP contribution is -2.24. The van der Waals surface area contributed by atoms with Gasteiger partial charge in [-0.15, -0.1) is 0 Å². The van der Waals surface area contributed by atoms with Crippen LogP contribution in [0.25, 0.3) is 10.9 Å². The Kier molecular flexibility index (Phi) is 4.17. The molecule has 0 saturated carbocycles. The van der Waals surface area contributed by atoms with E-state index in [1.807, 2.05) is 0 Å². The Labute approximate surface area is 146 Å². The van der Waals surface area contributed by atoms with E-state index in [1.54, 1.807) is 30.3 Å². The van der Waals surface area contributed by atoms with Crippen LogP contribution < -0.4 is 4.90 Å². The predicted molar refractivity (Wildman–Crippen MR) is 92.4 cm³/mol. The van der Waals surface area contributed by atoms with Crippen LogP contribution in [0.5, 0.6) is 0 Å². The Morgan fingerprint density at radius 1 is 1.17 bits per heavy atom. The number of hydrogen-bond acceptors (Lipinski definition) is 3. The van der Waals surface area contributed by atoms with Crippen molar-refractivity contribution in [2.75, 3.05) is 11.9 Å². The van der Waals surface area contributed by atoms with Gasteiger partial charge in [-0.2, -0.15) is 0 Å². The first kappa shape index (κ1) is 16.3. The number of nitrogens with zero attached hydrogens (tertiary/aromatic N) is 3. The molecule has 0 aliphatic heterocycles. The zero-order chi connectivity index (χ0) is 17.4. The van der Waals surface area contributed by atoms with Crippen molar-refractivity contribution in [3.05, 3.63) is 58.3 Å². The Morgan fingerprint density at radius 3 is 2.46 bits per heavy atom. The van der Waals surface area contributed by atoms with E-state index in [9.17, 15) is 9.59 Å². The number of pyridine rings is 1. The van der Waals surface area contributed by atoms with Gasteiger partial charge in [0.2, 0.25) is 0 Å². The highest BCUT2D eigenvalue weighted by Gasteiger charge is 2.21. The third kappa shape index (κ3) is 2.60. The van der Waals surface area contributed by atoms with Gasteiger partial charge in [-0.3, -0.25) is 14.3 Å². The van der Waals surface area contributed by atoms with E-state index in [2.05, 4.69) is 4.98 Å². The van der Waals surface area contributed by atoms with Crippen molar-refractivity contribution in [1.29, 1.82) is 0 Å². The van der Waals surface area contributed by atoms with Crippen molar-refractivity contribution < 1.29 is 14.7 Å². The quantitative estimate of drug-likeness (QED) is 0.741. The largest absolute Gasteiger partial charge is 0.465 e. The van der Waals surface area contributed by atoms with Crippen LogP contribution >= 0.6 is 23.2 Å². The first-order chi connectivity index (χ1) is 11.4. The first-order valence-electron chi connectivity index (χ1n) is 6.83. The standard InChI is InChI=1S/C16H11Cl2N3O3/c1-20(16(23)24)14-9-6-8-21(12(9)5-7-19-14)15(22)13-10(17)3-2-4-11(13)18/h2-8H,1H3,(H,23,24). The van der Waals surface area contributed by atoms with E-state index in [-0.39, 0.29) is 21.4 Å². The summed E-state index contributed by atoms with van der Waals surface area (Å²) in [6, 6.07) is 8.06. The monoisotopic (exact) mass is 363 g/mol. The van der Waals surface area contributed by atoms with Crippen LogP contribution in [0.1, 0.15) is 10.4 Å². The molecule has 1 N–H and O–H groups in total. The number of rotatable bonds is 2. The minimum atomic E-state index is -1.15. The molecule has 0 unspecified atom stereocenters. The number of halogens is 2. The molecular weight excluding hydrogens is 353 g/mol. The second-order valence-corrected chi connectivity index (χ2v) is 5.81. The van der Waals surface area contributed by atoms with E-state index in [1.165, 1.54) is 24.0 Å². The van der Waals surface area contributed by atoms with Crippen LogP contribution in [0.2, 0.25) is 10.0 Å². The molecule has 0 aliphatic carbocycles. The minimum Gasteiger partial charge on any atom is -0.465 e. The van der Waals surface area contributed by atoms with E-state index < -0.39 is 12.0 Å². The van der Waals surface area contributed by atoms with Gasteiger partial charge in [-0.1, -0.05) is 29.3 Å². The number of benzene rings is 1. The number of amides is 1. The Hall–Kier alpha value is -2.57. The van der Waals surface area contributed by atoms with Gasteiger partial charge < -0.3 is 5.11 Å². The highest BCUT2D eigenvalue weighted by molar-refractivity contribution is 6.40. The van der Waals surface area contributed by atoms with Crippen LogP contribution in [0.4, 0.5) is 10.6 Å². The van der Waals surface area contributed by atoms with Gasteiger partial charge in [0.05, 0.1) is 21.1 Å². The van der Waals surface area contributed by atoms with Crippen molar-refractivity contribution in [2.24, 2.45) is 0 Å². The summed E-state index contributed by atoms with van der Waals surface area (Å²) in [5.41, 5.74) is 0.692. The minimum absolute atomic E-state index is 0.184. The van der Waals surface area contributed by atoms with E-state index in [0.717, 1.165) is 4.90 Å². The molecule has 2 heterocycles. The fourth-order valence-corrected chi connectivity index (χ4v) is 2.97. The molecule has 2 aromatic heterocycles. The molecule has 1 aromatic carbocycles. The summed E-state index contributed by atoms with van der Waals surface area (Å²) in [4.78, 5) is 29.1. The van der Waals surface area contributed by atoms with Crippen molar-refractivity contribution in [3.8, 4) is 0 Å². The predicted octanol–water partition coefficient (Wildman–Crippen LogP) is 4.15. The topological polar surface area (TPSA) is 75.4 Å². The molecule has 24 heavy (non-hydrogen) atoms. The molecule has 1 amide bonds. The third-order valence-electron chi connectivity index (χ3n) is 3.60. The number of carbonyl (C=O) groups excluding carboxylic acids is 1. The molecule has 8 heteroatoms. The van der Waals surface area contributed by atoms with Crippen LogP contribution in [-0.4, -0.2) is 33.7 Å². The van der Waals surface area contributed by atoms with Crippen LogP contribution in [-0.2, 0) is 0 Å². The van der Waals surface area contributed by atoms with E-state index in [0.29, 0.717) is 10.9 Å². The molecule has 3 aromatic rings. The summed E-state index contributed by atoms with van der Waals surface area (Å²) in [5, 5.41) is 10.1. The molecular formula is C16H11Cl2N3O3. The zero-order valence-electron chi connectivity index (χ0n) is 12.4. The highest BCUT2D eigenvalue weighted by atomic mass is 35.5. The molecule has 122 valence electrons.